The summed E-state index contributed by atoms with van der Waals surface area (Å²) in [5.41, 5.74) is 6.15. The van der Waals surface area contributed by atoms with Crippen molar-refractivity contribution in [1.82, 2.24) is 4.98 Å². The summed E-state index contributed by atoms with van der Waals surface area (Å²) in [4.78, 5) is 4.06. The van der Waals surface area contributed by atoms with Crippen LogP contribution < -0.4 is 5.73 Å². The van der Waals surface area contributed by atoms with E-state index in [9.17, 15) is 8.78 Å². The van der Waals surface area contributed by atoms with Gasteiger partial charge in [-0.25, -0.2) is 8.78 Å². The Labute approximate surface area is 85.7 Å². The number of halogens is 2. The fourth-order valence-corrected chi connectivity index (χ4v) is 1.54. The number of pyridine rings is 1. The fourth-order valence-electron chi connectivity index (χ4n) is 1.54. The lowest BCUT2D eigenvalue weighted by Gasteiger charge is -2.05. The maximum Gasteiger partial charge on any atom is 0.263 e. The van der Waals surface area contributed by atoms with Crippen LogP contribution in [0.2, 0.25) is 0 Å². The minimum Gasteiger partial charge on any atom is -0.325 e. The molecule has 0 bridgehead atoms. The van der Waals surface area contributed by atoms with Gasteiger partial charge in [-0.2, -0.15) is 0 Å². The van der Waals surface area contributed by atoms with E-state index in [-0.39, 0.29) is 12.1 Å². The molecule has 0 radical (unpaired) electrons. The Kier molecular flexibility index (Phi) is 2.60. The van der Waals surface area contributed by atoms with Gasteiger partial charge in [-0.05, 0) is 17.5 Å². The van der Waals surface area contributed by atoms with Gasteiger partial charge in [0.2, 0.25) is 0 Å². The highest BCUT2D eigenvalue weighted by molar-refractivity contribution is 5.85. The molecular formula is C11H10F2N2. The van der Waals surface area contributed by atoms with Crippen LogP contribution in [0.15, 0.2) is 30.5 Å². The summed E-state index contributed by atoms with van der Waals surface area (Å²) in [6, 6.07) is 6.32. The normalized spacial score (nSPS) is 11.2. The molecule has 1 heterocycles. The van der Waals surface area contributed by atoms with Crippen molar-refractivity contribution in [2.75, 3.05) is 0 Å². The van der Waals surface area contributed by atoms with Gasteiger partial charge in [0.25, 0.3) is 6.43 Å². The molecule has 0 aliphatic heterocycles. The van der Waals surface area contributed by atoms with Crippen LogP contribution in [0.3, 0.4) is 0 Å². The summed E-state index contributed by atoms with van der Waals surface area (Å²) in [7, 11) is 0. The van der Waals surface area contributed by atoms with Gasteiger partial charge in [-0.15, -0.1) is 0 Å². The molecule has 2 nitrogen and oxygen atoms in total. The Balaban J connectivity index is 2.67. The number of hydrogen-bond acceptors (Lipinski definition) is 2. The van der Waals surface area contributed by atoms with Gasteiger partial charge in [-0.1, -0.05) is 12.1 Å². The number of nitrogens with two attached hydrogens (primary N) is 1. The Hall–Kier alpha value is -1.55. The van der Waals surface area contributed by atoms with Crippen molar-refractivity contribution in [3.05, 3.63) is 41.7 Å². The maximum atomic E-state index is 12.5. The maximum absolute atomic E-state index is 12.5. The van der Waals surface area contributed by atoms with E-state index in [0.29, 0.717) is 11.1 Å². The monoisotopic (exact) mass is 208 g/mol. The van der Waals surface area contributed by atoms with Crippen molar-refractivity contribution in [3.63, 3.8) is 0 Å². The minimum atomic E-state index is -2.46. The summed E-state index contributed by atoms with van der Waals surface area (Å²) in [5.74, 6) is 0. The number of fused-ring (bicyclic) bond motifs is 1. The molecule has 2 rings (SSSR count). The second kappa shape index (κ2) is 3.90. The topological polar surface area (TPSA) is 38.9 Å². The number of nitrogens with zero attached hydrogens (tertiary/aromatic N) is 1. The summed E-state index contributed by atoms with van der Waals surface area (Å²) in [5, 5.41) is 1.59. The SMILES string of the molecule is NCc1nccc2ccc(C(F)F)cc12. The van der Waals surface area contributed by atoms with Crippen molar-refractivity contribution in [2.24, 2.45) is 5.73 Å². The highest BCUT2D eigenvalue weighted by Gasteiger charge is 2.08. The summed E-state index contributed by atoms with van der Waals surface area (Å²) < 4.78 is 25.0. The zero-order chi connectivity index (χ0) is 10.8. The standard InChI is InChI=1S/C11H10F2N2/c12-11(13)8-2-1-7-3-4-15-10(6-14)9(7)5-8/h1-5,11H,6,14H2. The van der Waals surface area contributed by atoms with E-state index < -0.39 is 6.43 Å². The highest BCUT2D eigenvalue weighted by Crippen LogP contribution is 2.24. The molecule has 0 amide bonds. The Morgan fingerprint density at radius 2 is 2.07 bits per heavy atom. The average Bonchev–Trinajstić information content (AvgIpc) is 2.27. The molecular weight excluding hydrogens is 198 g/mol. The smallest absolute Gasteiger partial charge is 0.263 e. The molecule has 0 spiro atoms. The summed E-state index contributed by atoms with van der Waals surface area (Å²) >= 11 is 0. The lowest BCUT2D eigenvalue weighted by atomic mass is 10.1. The Bertz CT molecular complexity index is 483. The van der Waals surface area contributed by atoms with Gasteiger partial charge in [0.15, 0.2) is 0 Å². The molecule has 78 valence electrons. The predicted molar refractivity (Wildman–Crippen MR) is 54.6 cm³/mol. The third-order valence-corrected chi connectivity index (χ3v) is 2.32. The van der Waals surface area contributed by atoms with E-state index in [1.165, 1.54) is 12.1 Å². The quantitative estimate of drug-likeness (QED) is 0.823. The van der Waals surface area contributed by atoms with Crippen LogP contribution >= 0.6 is 0 Å². The average molecular weight is 208 g/mol. The second-order valence-electron chi connectivity index (χ2n) is 3.24. The molecule has 0 saturated heterocycles. The van der Waals surface area contributed by atoms with Gasteiger partial charge in [-0.3, -0.25) is 4.98 Å². The van der Waals surface area contributed by atoms with Crippen LogP contribution in [-0.4, -0.2) is 4.98 Å². The molecule has 0 aliphatic rings. The first kappa shape index (κ1) is 9.98. The number of aromatic nitrogens is 1. The lowest BCUT2D eigenvalue weighted by molar-refractivity contribution is 0.151. The molecule has 0 saturated carbocycles. The van der Waals surface area contributed by atoms with Crippen molar-refractivity contribution < 1.29 is 8.78 Å². The molecule has 15 heavy (non-hydrogen) atoms. The van der Waals surface area contributed by atoms with Crippen LogP contribution in [0.1, 0.15) is 17.7 Å². The minimum absolute atomic E-state index is 0.00481. The van der Waals surface area contributed by atoms with Gasteiger partial charge < -0.3 is 5.73 Å². The zero-order valence-corrected chi connectivity index (χ0v) is 7.95. The first-order chi connectivity index (χ1) is 7.22. The van der Waals surface area contributed by atoms with Crippen molar-refractivity contribution >= 4 is 10.8 Å². The number of alkyl halides is 2. The molecule has 2 aromatic rings. The van der Waals surface area contributed by atoms with Gasteiger partial charge in [0.1, 0.15) is 0 Å². The van der Waals surface area contributed by atoms with E-state index in [4.69, 9.17) is 5.73 Å². The Morgan fingerprint density at radius 1 is 1.27 bits per heavy atom. The van der Waals surface area contributed by atoms with Gasteiger partial charge in [0.05, 0.1) is 5.69 Å². The molecule has 0 fully saturated rings. The third kappa shape index (κ3) is 1.80. The molecule has 1 aromatic carbocycles. The van der Waals surface area contributed by atoms with Gasteiger partial charge >= 0.3 is 0 Å². The predicted octanol–water partition coefficient (Wildman–Crippen LogP) is 2.63. The number of rotatable bonds is 2. The van der Waals surface area contributed by atoms with Crippen LogP contribution in [0.25, 0.3) is 10.8 Å². The zero-order valence-electron chi connectivity index (χ0n) is 7.95. The second-order valence-corrected chi connectivity index (χ2v) is 3.24. The lowest BCUT2D eigenvalue weighted by Crippen LogP contribution is -2.00. The largest absolute Gasteiger partial charge is 0.325 e. The fraction of sp³-hybridized carbons (Fsp3) is 0.182. The van der Waals surface area contributed by atoms with E-state index >= 15 is 0 Å². The van der Waals surface area contributed by atoms with Crippen LogP contribution in [0.5, 0.6) is 0 Å². The molecule has 1 aromatic heterocycles. The van der Waals surface area contributed by atoms with Crippen LogP contribution in [0, 0.1) is 0 Å². The molecule has 0 unspecified atom stereocenters. The van der Waals surface area contributed by atoms with Crippen LogP contribution in [-0.2, 0) is 6.54 Å². The van der Waals surface area contributed by atoms with E-state index in [2.05, 4.69) is 4.98 Å². The van der Waals surface area contributed by atoms with Crippen molar-refractivity contribution in [1.29, 1.82) is 0 Å². The highest BCUT2D eigenvalue weighted by atomic mass is 19.3. The molecule has 4 heteroatoms. The third-order valence-electron chi connectivity index (χ3n) is 2.32. The van der Waals surface area contributed by atoms with Crippen molar-refractivity contribution in [3.8, 4) is 0 Å². The number of hydrogen-bond donors (Lipinski definition) is 1. The Morgan fingerprint density at radius 3 is 2.73 bits per heavy atom. The first-order valence-corrected chi connectivity index (χ1v) is 4.58. The van der Waals surface area contributed by atoms with E-state index in [1.54, 1.807) is 18.3 Å². The summed E-state index contributed by atoms with van der Waals surface area (Å²) in [6.07, 6.45) is -0.827. The molecule has 0 atom stereocenters. The molecule has 2 N–H and O–H groups in total. The molecule has 0 aliphatic carbocycles. The van der Waals surface area contributed by atoms with Crippen LogP contribution in [0.4, 0.5) is 8.78 Å². The summed E-state index contributed by atoms with van der Waals surface area (Å²) in [6.45, 7) is 0.254. The van der Waals surface area contributed by atoms with Crippen molar-refractivity contribution in [2.45, 2.75) is 13.0 Å². The number of benzene rings is 1. The van der Waals surface area contributed by atoms with E-state index in [1.807, 2.05) is 0 Å². The first-order valence-electron chi connectivity index (χ1n) is 4.58. The van der Waals surface area contributed by atoms with Gasteiger partial charge in [0, 0.05) is 23.7 Å². The van der Waals surface area contributed by atoms with E-state index in [0.717, 1.165) is 5.39 Å².